The highest BCUT2D eigenvalue weighted by molar-refractivity contribution is 6.19. The smallest absolute Gasteiger partial charge is 0.145 e. The highest BCUT2D eigenvalue weighted by atomic mass is 15.1. The van der Waals surface area contributed by atoms with Crippen molar-refractivity contribution in [3.63, 3.8) is 0 Å². The summed E-state index contributed by atoms with van der Waals surface area (Å²) in [7, 11) is 0. The van der Waals surface area contributed by atoms with Crippen LogP contribution < -0.4 is 0 Å². The summed E-state index contributed by atoms with van der Waals surface area (Å²) in [6.45, 7) is 0. The quantitative estimate of drug-likeness (QED) is 0.169. The Bertz CT molecular complexity index is 3200. The van der Waals surface area contributed by atoms with E-state index in [4.69, 9.17) is 9.97 Å². The Hall–Kier alpha value is -7.30. The normalized spacial score (nSPS) is 11.7. The van der Waals surface area contributed by atoms with Gasteiger partial charge in [0.15, 0.2) is 0 Å². The molecule has 0 bridgehead atoms. The van der Waals surface area contributed by atoms with Crippen LogP contribution in [0.5, 0.6) is 0 Å². The van der Waals surface area contributed by atoms with E-state index in [-0.39, 0.29) is 0 Å². The molecule has 11 aromatic rings. The first-order valence-electron chi connectivity index (χ1n) is 18.3. The molecule has 0 unspecified atom stereocenters. The lowest BCUT2D eigenvalue weighted by molar-refractivity contribution is 1.10. The molecule has 54 heavy (non-hydrogen) atoms. The van der Waals surface area contributed by atoms with Gasteiger partial charge in [0.25, 0.3) is 0 Å². The highest BCUT2D eigenvalue weighted by Crippen LogP contribution is 2.40. The molecule has 4 heteroatoms. The molecule has 0 aliphatic heterocycles. The first-order chi connectivity index (χ1) is 26.8. The van der Waals surface area contributed by atoms with E-state index in [1.54, 1.807) is 0 Å². The number of hydrogen-bond acceptors (Lipinski definition) is 2. The zero-order valence-corrected chi connectivity index (χ0v) is 29.3. The Kier molecular flexibility index (Phi) is 6.82. The monoisotopic (exact) mass is 688 g/mol. The van der Waals surface area contributed by atoms with Gasteiger partial charge in [0, 0.05) is 44.0 Å². The lowest BCUT2D eigenvalue weighted by atomic mass is 9.98. The van der Waals surface area contributed by atoms with Crippen molar-refractivity contribution in [3.05, 3.63) is 194 Å². The van der Waals surface area contributed by atoms with Crippen molar-refractivity contribution in [1.82, 2.24) is 19.1 Å². The molecule has 3 heterocycles. The van der Waals surface area contributed by atoms with Crippen molar-refractivity contribution in [2.24, 2.45) is 0 Å². The Morgan fingerprint density at radius 3 is 1.70 bits per heavy atom. The van der Waals surface area contributed by atoms with Crippen molar-refractivity contribution in [3.8, 4) is 45.1 Å². The van der Waals surface area contributed by atoms with Gasteiger partial charge >= 0.3 is 0 Å². The molecule has 0 radical (unpaired) electrons. The van der Waals surface area contributed by atoms with E-state index in [1.165, 1.54) is 16.2 Å². The number of hydrogen-bond donors (Lipinski definition) is 0. The molecule has 252 valence electrons. The van der Waals surface area contributed by atoms with Crippen molar-refractivity contribution in [2.45, 2.75) is 0 Å². The summed E-state index contributed by atoms with van der Waals surface area (Å²) in [6.07, 6.45) is 0. The number of fused-ring (bicyclic) bond motifs is 7. The predicted octanol–water partition coefficient (Wildman–Crippen LogP) is 12.8. The number of imidazole rings is 1. The van der Waals surface area contributed by atoms with E-state index in [9.17, 15) is 0 Å². The fourth-order valence-electron chi connectivity index (χ4n) is 8.21. The number of benzene rings is 8. The van der Waals surface area contributed by atoms with E-state index < -0.39 is 0 Å². The van der Waals surface area contributed by atoms with E-state index >= 15 is 0 Å². The molecule has 0 fully saturated rings. The summed E-state index contributed by atoms with van der Waals surface area (Å²) in [5, 5.41) is 5.87. The molecule has 0 amide bonds. The summed E-state index contributed by atoms with van der Waals surface area (Å²) >= 11 is 0. The third kappa shape index (κ3) is 4.78. The lowest BCUT2D eigenvalue weighted by Crippen LogP contribution is -1.97. The number of rotatable bonds is 5. The van der Waals surface area contributed by atoms with E-state index in [0.29, 0.717) is 0 Å². The largest absolute Gasteiger partial charge is 0.309 e. The minimum absolute atomic E-state index is 0.921. The van der Waals surface area contributed by atoms with Gasteiger partial charge in [-0.05, 0) is 77.2 Å². The van der Waals surface area contributed by atoms with Gasteiger partial charge in [0.2, 0.25) is 0 Å². The first-order valence-corrected chi connectivity index (χ1v) is 18.3. The Morgan fingerprint density at radius 2 is 0.907 bits per heavy atom. The highest BCUT2D eigenvalue weighted by Gasteiger charge is 2.19. The number of aromatic nitrogens is 4. The van der Waals surface area contributed by atoms with Crippen LogP contribution in [0, 0.1) is 0 Å². The summed E-state index contributed by atoms with van der Waals surface area (Å²) in [6, 6.07) is 69.0. The minimum Gasteiger partial charge on any atom is -0.309 e. The molecule has 3 aromatic heterocycles. The maximum Gasteiger partial charge on any atom is 0.145 e. The molecule has 0 saturated heterocycles. The molecule has 11 rings (SSSR count). The Morgan fingerprint density at radius 1 is 0.296 bits per heavy atom. The predicted molar refractivity (Wildman–Crippen MR) is 225 cm³/mol. The standard InChI is InChI=1S/C50H32N4/c1-4-15-33(16-5-1)49-41-24-11-10-23-39(41)42-32-48-43(31-45(42)51-49)40-28-27-35(30-47(40)53(48)37-19-6-2-7-20-37)34-17-14-18-36(29-34)50-52-44-25-12-13-26-46(44)54(50)38-21-8-3-9-22-38/h1-32H. The number of pyridine rings is 1. The average Bonchev–Trinajstić information content (AvgIpc) is 3.79. The number of nitrogens with zero attached hydrogens (tertiary/aromatic N) is 4. The molecule has 0 aliphatic carbocycles. The van der Waals surface area contributed by atoms with Crippen LogP contribution in [-0.4, -0.2) is 19.1 Å². The topological polar surface area (TPSA) is 35.6 Å². The van der Waals surface area contributed by atoms with E-state index in [2.05, 4.69) is 203 Å². The van der Waals surface area contributed by atoms with Crippen LogP contribution in [0.3, 0.4) is 0 Å². The van der Waals surface area contributed by atoms with Crippen molar-refractivity contribution in [2.75, 3.05) is 0 Å². The van der Waals surface area contributed by atoms with Gasteiger partial charge < -0.3 is 4.57 Å². The summed E-state index contributed by atoms with van der Waals surface area (Å²) in [5.41, 5.74) is 13.0. The molecule has 0 aliphatic rings. The van der Waals surface area contributed by atoms with Crippen LogP contribution in [-0.2, 0) is 0 Å². The maximum absolute atomic E-state index is 5.34. The maximum atomic E-state index is 5.34. The van der Waals surface area contributed by atoms with Crippen molar-refractivity contribution >= 4 is 54.5 Å². The molecule has 8 aromatic carbocycles. The minimum atomic E-state index is 0.921. The van der Waals surface area contributed by atoms with Crippen LogP contribution in [0.15, 0.2) is 194 Å². The fraction of sp³-hybridized carbons (Fsp3) is 0. The second kappa shape index (κ2) is 12.1. The Balaban J connectivity index is 1.14. The molecule has 0 atom stereocenters. The summed E-state index contributed by atoms with van der Waals surface area (Å²) in [5.74, 6) is 0.921. The molecule has 0 saturated carbocycles. The number of para-hydroxylation sites is 4. The van der Waals surface area contributed by atoms with E-state index in [1.807, 2.05) is 0 Å². The van der Waals surface area contributed by atoms with E-state index in [0.717, 1.165) is 83.5 Å². The zero-order chi connectivity index (χ0) is 35.6. The van der Waals surface area contributed by atoms with Gasteiger partial charge in [-0.25, -0.2) is 9.97 Å². The molecule has 4 nitrogen and oxygen atoms in total. The summed E-state index contributed by atoms with van der Waals surface area (Å²) in [4.78, 5) is 10.5. The molecule has 0 spiro atoms. The van der Waals surface area contributed by atoms with Gasteiger partial charge in [-0.3, -0.25) is 4.57 Å². The first kappa shape index (κ1) is 30.3. The third-order valence-electron chi connectivity index (χ3n) is 10.7. The van der Waals surface area contributed by atoms with Gasteiger partial charge in [-0.1, -0.05) is 133 Å². The molecular weight excluding hydrogens is 657 g/mol. The average molecular weight is 689 g/mol. The SMILES string of the molecule is c1ccc(-c2nc3cc4c5ccc(-c6cccc(-c7nc8ccccc8n7-c7ccccc7)c6)cc5n(-c5ccccc5)c4cc3c3ccccc23)cc1. The van der Waals surface area contributed by atoms with Gasteiger partial charge in [-0.2, -0.15) is 0 Å². The van der Waals surface area contributed by atoms with Crippen LogP contribution in [0.4, 0.5) is 0 Å². The van der Waals surface area contributed by atoms with Gasteiger partial charge in [0.05, 0.1) is 33.3 Å². The lowest BCUT2D eigenvalue weighted by Gasteiger charge is -2.12. The van der Waals surface area contributed by atoms with Crippen molar-refractivity contribution in [1.29, 1.82) is 0 Å². The third-order valence-corrected chi connectivity index (χ3v) is 10.7. The van der Waals surface area contributed by atoms with Gasteiger partial charge in [0.1, 0.15) is 5.82 Å². The van der Waals surface area contributed by atoms with Crippen LogP contribution in [0.25, 0.3) is 99.7 Å². The molecule has 0 N–H and O–H groups in total. The zero-order valence-electron chi connectivity index (χ0n) is 29.3. The fourth-order valence-corrected chi connectivity index (χ4v) is 8.21. The molecular formula is C50H32N4. The van der Waals surface area contributed by atoms with Crippen LogP contribution >= 0.6 is 0 Å². The van der Waals surface area contributed by atoms with Crippen LogP contribution in [0.1, 0.15) is 0 Å². The Labute approximate surface area is 311 Å². The second-order valence-corrected chi connectivity index (χ2v) is 13.8. The van der Waals surface area contributed by atoms with Crippen LogP contribution in [0.2, 0.25) is 0 Å². The van der Waals surface area contributed by atoms with Gasteiger partial charge in [-0.15, -0.1) is 0 Å². The summed E-state index contributed by atoms with van der Waals surface area (Å²) < 4.78 is 4.67. The second-order valence-electron chi connectivity index (χ2n) is 13.8. The van der Waals surface area contributed by atoms with Crippen molar-refractivity contribution < 1.29 is 0 Å².